The van der Waals surface area contributed by atoms with Gasteiger partial charge in [0, 0.05) is 30.4 Å². The number of nitrogens with one attached hydrogen (secondary N) is 4. The van der Waals surface area contributed by atoms with Gasteiger partial charge in [0.25, 0.3) is 0 Å². The highest BCUT2D eigenvalue weighted by molar-refractivity contribution is 8.00. The SMILES string of the molecule is N=C1NC2CSC(CCCCC(=O)NCCCCCC(=O)O)C2N1. The molecule has 8 heteroatoms. The first-order chi connectivity index (χ1) is 11.6. The van der Waals surface area contributed by atoms with E-state index < -0.39 is 5.97 Å². The number of aliphatic carboxylic acids is 1. The summed E-state index contributed by atoms with van der Waals surface area (Å²) in [4.78, 5) is 22.1. The number of unbranched alkanes of at least 4 members (excludes halogenated alkanes) is 3. The zero-order valence-corrected chi connectivity index (χ0v) is 14.8. The fourth-order valence-corrected chi connectivity index (χ4v) is 4.74. The minimum absolute atomic E-state index is 0.0904. The van der Waals surface area contributed by atoms with Gasteiger partial charge in [0.15, 0.2) is 5.96 Å². The van der Waals surface area contributed by atoms with Gasteiger partial charge in [0.05, 0.1) is 12.1 Å². The first kappa shape index (κ1) is 18.9. The molecule has 0 bridgehead atoms. The van der Waals surface area contributed by atoms with Gasteiger partial charge in [0.2, 0.25) is 5.91 Å². The number of amides is 1. The molecule has 2 rings (SSSR count). The fraction of sp³-hybridized carbons (Fsp3) is 0.812. The average molecular weight is 356 g/mol. The molecule has 7 nitrogen and oxygen atoms in total. The lowest BCUT2D eigenvalue weighted by molar-refractivity contribution is -0.137. The zero-order valence-electron chi connectivity index (χ0n) is 14.0. The Balaban J connectivity index is 1.45. The molecule has 1 amide bonds. The van der Waals surface area contributed by atoms with Crippen molar-refractivity contribution in [1.29, 1.82) is 5.41 Å². The summed E-state index contributed by atoms with van der Waals surface area (Å²) < 4.78 is 0. The van der Waals surface area contributed by atoms with Crippen LogP contribution in [-0.2, 0) is 9.59 Å². The summed E-state index contributed by atoms with van der Waals surface area (Å²) in [5.41, 5.74) is 0. The van der Waals surface area contributed by atoms with E-state index in [4.69, 9.17) is 10.5 Å². The van der Waals surface area contributed by atoms with Crippen LogP contribution < -0.4 is 16.0 Å². The minimum atomic E-state index is -0.758. The Bertz CT molecular complexity index is 461. The van der Waals surface area contributed by atoms with Crippen LogP contribution in [0.5, 0.6) is 0 Å². The molecule has 24 heavy (non-hydrogen) atoms. The highest BCUT2D eigenvalue weighted by Gasteiger charge is 2.41. The number of carboxylic acid groups (broad SMARTS) is 1. The van der Waals surface area contributed by atoms with Crippen LogP contribution in [0.4, 0.5) is 0 Å². The second kappa shape index (κ2) is 9.76. The van der Waals surface area contributed by atoms with Gasteiger partial charge in [-0.3, -0.25) is 15.0 Å². The number of carbonyl (C=O) groups is 2. The molecule has 0 aromatic heterocycles. The van der Waals surface area contributed by atoms with Crippen LogP contribution in [0.2, 0.25) is 0 Å². The monoisotopic (exact) mass is 356 g/mol. The summed E-state index contributed by atoms with van der Waals surface area (Å²) >= 11 is 1.95. The van der Waals surface area contributed by atoms with Crippen LogP contribution in [0.15, 0.2) is 0 Å². The summed E-state index contributed by atoms with van der Waals surface area (Å²) in [5.74, 6) is 0.824. The van der Waals surface area contributed by atoms with E-state index in [0.717, 1.165) is 37.9 Å². The first-order valence-electron chi connectivity index (χ1n) is 8.78. The normalized spacial score (nSPS) is 25.0. The largest absolute Gasteiger partial charge is 0.481 e. The van der Waals surface area contributed by atoms with E-state index >= 15 is 0 Å². The van der Waals surface area contributed by atoms with Crippen molar-refractivity contribution >= 4 is 29.6 Å². The molecule has 0 aromatic rings. The molecule has 3 atom stereocenters. The minimum Gasteiger partial charge on any atom is -0.481 e. The van der Waals surface area contributed by atoms with Gasteiger partial charge >= 0.3 is 5.97 Å². The molecule has 0 spiro atoms. The zero-order chi connectivity index (χ0) is 17.4. The van der Waals surface area contributed by atoms with E-state index in [1.54, 1.807) is 0 Å². The molecule has 5 N–H and O–H groups in total. The van der Waals surface area contributed by atoms with Crippen LogP contribution in [-0.4, -0.2) is 52.6 Å². The van der Waals surface area contributed by atoms with Gasteiger partial charge in [-0.1, -0.05) is 12.8 Å². The molecule has 2 aliphatic rings. The molecule has 2 heterocycles. The topological polar surface area (TPSA) is 114 Å². The van der Waals surface area contributed by atoms with Gasteiger partial charge in [-0.05, 0) is 25.7 Å². The van der Waals surface area contributed by atoms with Crippen LogP contribution in [0.25, 0.3) is 0 Å². The number of hydrogen-bond donors (Lipinski definition) is 5. The number of thioether (sulfide) groups is 1. The van der Waals surface area contributed by atoms with E-state index in [9.17, 15) is 9.59 Å². The van der Waals surface area contributed by atoms with E-state index in [-0.39, 0.29) is 12.3 Å². The lowest BCUT2D eigenvalue weighted by atomic mass is 10.0. The number of carbonyl (C=O) groups excluding carboxylic acids is 1. The van der Waals surface area contributed by atoms with Crippen molar-refractivity contribution in [2.24, 2.45) is 0 Å². The second-order valence-electron chi connectivity index (χ2n) is 6.47. The highest BCUT2D eigenvalue weighted by Crippen LogP contribution is 2.33. The van der Waals surface area contributed by atoms with Crippen molar-refractivity contribution in [3.63, 3.8) is 0 Å². The third kappa shape index (κ3) is 6.22. The summed E-state index contributed by atoms with van der Waals surface area (Å²) in [6.07, 6.45) is 6.12. The second-order valence-corrected chi connectivity index (χ2v) is 7.74. The summed E-state index contributed by atoms with van der Waals surface area (Å²) in [6.45, 7) is 0.637. The van der Waals surface area contributed by atoms with Gasteiger partial charge < -0.3 is 21.1 Å². The number of hydrogen-bond acceptors (Lipinski definition) is 4. The van der Waals surface area contributed by atoms with Crippen LogP contribution in [0.3, 0.4) is 0 Å². The lowest BCUT2D eigenvalue weighted by Crippen LogP contribution is -2.36. The Kier molecular flexibility index (Phi) is 7.68. The predicted octanol–water partition coefficient (Wildman–Crippen LogP) is 1.29. The maximum Gasteiger partial charge on any atom is 0.303 e. The third-order valence-electron chi connectivity index (χ3n) is 4.50. The number of rotatable bonds is 11. The molecule has 3 unspecified atom stereocenters. The van der Waals surface area contributed by atoms with Gasteiger partial charge in [0.1, 0.15) is 0 Å². The predicted molar refractivity (Wildman–Crippen MR) is 95.4 cm³/mol. The molecule has 0 aromatic carbocycles. The Morgan fingerprint density at radius 1 is 1.17 bits per heavy atom. The maximum atomic E-state index is 11.7. The molecule has 136 valence electrons. The molecule has 2 aliphatic heterocycles. The number of guanidine groups is 1. The standard InChI is InChI=1S/C16H28N4O3S/c17-16-19-11-10-24-12(15(11)20-16)6-3-4-7-13(21)18-9-5-1-2-8-14(22)23/h11-12,15H,1-10H2,(H,18,21)(H,22,23)(H3,17,19,20). The Labute approximate surface area is 147 Å². The van der Waals surface area contributed by atoms with Gasteiger partial charge in [-0.15, -0.1) is 0 Å². The number of carboxylic acids is 1. The Hall–Kier alpha value is -1.44. The van der Waals surface area contributed by atoms with Crippen LogP contribution in [0.1, 0.15) is 51.4 Å². The molecule has 0 radical (unpaired) electrons. The molecule has 0 saturated carbocycles. The average Bonchev–Trinajstić information content (AvgIpc) is 3.06. The summed E-state index contributed by atoms with van der Waals surface area (Å²) in [7, 11) is 0. The van der Waals surface area contributed by atoms with Crippen molar-refractivity contribution < 1.29 is 14.7 Å². The van der Waals surface area contributed by atoms with Gasteiger partial charge in [-0.25, -0.2) is 0 Å². The van der Waals surface area contributed by atoms with Crippen molar-refractivity contribution in [2.45, 2.75) is 68.7 Å². The van der Waals surface area contributed by atoms with E-state index in [2.05, 4.69) is 16.0 Å². The molecular weight excluding hydrogens is 328 g/mol. The summed E-state index contributed by atoms with van der Waals surface area (Å²) in [6, 6.07) is 0.749. The smallest absolute Gasteiger partial charge is 0.303 e. The molecular formula is C16H28N4O3S. The first-order valence-corrected chi connectivity index (χ1v) is 9.83. The lowest BCUT2D eigenvalue weighted by Gasteiger charge is -2.16. The van der Waals surface area contributed by atoms with Crippen molar-refractivity contribution in [3.8, 4) is 0 Å². The molecule has 0 aliphatic carbocycles. The van der Waals surface area contributed by atoms with Crippen molar-refractivity contribution in [2.75, 3.05) is 12.3 Å². The fourth-order valence-electron chi connectivity index (χ4n) is 3.20. The van der Waals surface area contributed by atoms with Crippen molar-refractivity contribution in [1.82, 2.24) is 16.0 Å². The van der Waals surface area contributed by atoms with Gasteiger partial charge in [-0.2, -0.15) is 11.8 Å². The quantitative estimate of drug-likeness (QED) is 0.356. The molecule has 2 saturated heterocycles. The van der Waals surface area contributed by atoms with E-state index in [1.807, 2.05) is 11.8 Å². The number of fused-ring (bicyclic) bond motifs is 1. The third-order valence-corrected chi connectivity index (χ3v) is 6.01. The maximum absolute atomic E-state index is 11.7. The Morgan fingerprint density at radius 3 is 2.75 bits per heavy atom. The highest BCUT2D eigenvalue weighted by atomic mass is 32.2. The van der Waals surface area contributed by atoms with Crippen LogP contribution >= 0.6 is 11.8 Å². The molecule has 2 fully saturated rings. The Morgan fingerprint density at radius 2 is 1.96 bits per heavy atom. The summed E-state index contributed by atoms with van der Waals surface area (Å²) in [5, 5.41) is 25.9. The van der Waals surface area contributed by atoms with Crippen LogP contribution in [0, 0.1) is 5.41 Å². The van der Waals surface area contributed by atoms with E-state index in [1.165, 1.54) is 0 Å². The van der Waals surface area contributed by atoms with E-state index in [0.29, 0.717) is 42.7 Å². The van der Waals surface area contributed by atoms with Crippen molar-refractivity contribution in [3.05, 3.63) is 0 Å².